The summed E-state index contributed by atoms with van der Waals surface area (Å²) < 4.78 is 17.5. The quantitative estimate of drug-likeness (QED) is 0.249. The fourth-order valence-corrected chi connectivity index (χ4v) is 5.27. The molecular weight excluding hydrogens is 474 g/mol. The highest BCUT2D eigenvalue weighted by Gasteiger charge is 2.33. The fraction of sp³-hybridized carbons (Fsp3) is 0.621. The average molecular weight is 520 g/mol. The smallest absolute Gasteiger partial charge is 0.251 e. The van der Waals surface area contributed by atoms with Gasteiger partial charge in [-0.3, -0.25) is 4.79 Å². The van der Waals surface area contributed by atoms with Crippen molar-refractivity contribution in [1.29, 1.82) is 0 Å². The Morgan fingerprint density at radius 1 is 0.973 bits per heavy atom. The molecule has 0 aliphatic carbocycles. The third kappa shape index (κ3) is 7.80. The maximum absolute atomic E-state index is 12.8. The van der Waals surface area contributed by atoms with E-state index in [1.807, 2.05) is 39.8 Å². The summed E-state index contributed by atoms with van der Waals surface area (Å²) in [5.41, 5.74) is 1.82. The monoisotopic (exact) mass is 519 g/mol. The molecule has 8 heteroatoms. The summed E-state index contributed by atoms with van der Waals surface area (Å²) in [4.78, 5) is 12.8. The van der Waals surface area contributed by atoms with E-state index >= 15 is 0 Å². The predicted octanol–water partition coefficient (Wildman–Crippen LogP) is 5.10. The number of hydrogen-bond acceptors (Lipinski definition) is 7. The Hall–Kier alpha value is -2.39. The van der Waals surface area contributed by atoms with Crippen LogP contribution in [-0.2, 0) is 19.0 Å². The van der Waals surface area contributed by atoms with E-state index in [0.717, 1.165) is 5.57 Å². The van der Waals surface area contributed by atoms with E-state index in [2.05, 4.69) is 5.32 Å². The molecule has 0 fully saturated rings. The summed E-state index contributed by atoms with van der Waals surface area (Å²) in [6.45, 7) is 9.63. The Balaban J connectivity index is 2.57. The maximum atomic E-state index is 12.8. The van der Waals surface area contributed by atoms with E-state index in [9.17, 15) is 20.1 Å². The number of anilines is 1. The van der Waals surface area contributed by atoms with Crippen LogP contribution in [0.4, 0.5) is 5.69 Å². The first-order valence-electron chi connectivity index (χ1n) is 12.9. The molecule has 7 atom stereocenters. The van der Waals surface area contributed by atoms with Crippen LogP contribution in [0.25, 0.3) is 0 Å². The lowest BCUT2D eigenvalue weighted by molar-refractivity contribution is -0.112. The standard InChI is InChI=1S/C29H45NO7/c1-16-10-9-11-17(2)29(34)30-23-15-21(31)14-22(26(23)33)27(36-7)20(5)13-24(35-6)28(37-8)19(4)12-18(3)25(16)32/h11-12,14-16,19-20,24-25,27-28,31-33H,9-10,13H2,1-8H3,(H,30,34)/b17-11+,18-12+/t16-,19-,20-,24-,25+,27+,28+/m0/s1. The van der Waals surface area contributed by atoms with Crippen LogP contribution < -0.4 is 5.32 Å². The zero-order valence-corrected chi connectivity index (χ0v) is 23.4. The fourth-order valence-electron chi connectivity index (χ4n) is 5.27. The number of carbonyl (C=O) groups is 1. The van der Waals surface area contributed by atoms with Crippen molar-refractivity contribution in [1.82, 2.24) is 0 Å². The van der Waals surface area contributed by atoms with Gasteiger partial charge in [0.2, 0.25) is 0 Å². The number of ether oxygens (including phenoxy) is 3. The maximum Gasteiger partial charge on any atom is 0.251 e. The highest BCUT2D eigenvalue weighted by molar-refractivity contribution is 6.04. The minimum atomic E-state index is -0.622. The molecule has 1 heterocycles. The van der Waals surface area contributed by atoms with Crippen LogP contribution in [0.1, 0.15) is 65.5 Å². The first-order chi connectivity index (χ1) is 17.4. The number of amides is 1. The minimum absolute atomic E-state index is 0.0166. The zero-order chi connectivity index (χ0) is 27.9. The summed E-state index contributed by atoms with van der Waals surface area (Å²) in [6.07, 6.45) is 3.87. The average Bonchev–Trinajstić information content (AvgIpc) is 2.85. The van der Waals surface area contributed by atoms with Crippen LogP contribution in [0, 0.1) is 17.8 Å². The van der Waals surface area contributed by atoms with Crippen molar-refractivity contribution in [3.8, 4) is 11.5 Å². The molecule has 0 saturated carbocycles. The number of aliphatic hydroxyl groups excluding tert-OH is 1. The Kier molecular flexibility index (Phi) is 11.6. The van der Waals surface area contributed by atoms with Crippen molar-refractivity contribution in [2.45, 2.75) is 78.3 Å². The van der Waals surface area contributed by atoms with Gasteiger partial charge in [-0.15, -0.1) is 0 Å². The van der Waals surface area contributed by atoms with Gasteiger partial charge >= 0.3 is 0 Å². The lowest BCUT2D eigenvalue weighted by atomic mass is 9.85. The van der Waals surface area contributed by atoms with Crippen molar-refractivity contribution >= 4 is 11.6 Å². The van der Waals surface area contributed by atoms with Gasteiger partial charge in [-0.05, 0) is 56.6 Å². The molecule has 2 bridgehead atoms. The van der Waals surface area contributed by atoms with Crippen LogP contribution in [-0.4, -0.2) is 60.9 Å². The van der Waals surface area contributed by atoms with Crippen molar-refractivity contribution < 1.29 is 34.3 Å². The molecule has 1 aliphatic rings. The van der Waals surface area contributed by atoms with E-state index in [4.69, 9.17) is 14.2 Å². The Morgan fingerprint density at radius 2 is 1.65 bits per heavy atom. The van der Waals surface area contributed by atoms with Crippen molar-refractivity contribution in [3.05, 3.63) is 41.0 Å². The van der Waals surface area contributed by atoms with E-state index in [1.165, 1.54) is 19.2 Å². The molecule has 0 aromatic heterocycles. The van der Waals surface area contributed by atoms with Gasteiger partial charge in [0.05, 0.1) is 30.1 Å². The van der Waals surface area contributed by atoms with E-state index in [0.29, 0.717) is 30.4 Å². The molecule has 0 radical (unpaired) electrons. The van der Waals surface area contributed by atoms with Crippen LogP contribution in [0.2, 0.25) is 0 Å². The van der Waals surface area contributed by atoms with Gasteiger partial charge in [-0.1, -0.05) is 32.9 Å². The number of phenolic OH excluding ortho intramolecular Hbond substituents is 2. The zero-order valence-electron chi connectivity index (χ0n) is 23.4. The SMILES string of the molecule is CO[C@H]1[C@@H](OC)C[C@H](C)[C@@H](OC)c2cc(O)cc(c2O)NC(=O)/C(C)=C/CC[C@H](C)[C@@H](O)/C(C)=C/[C@@H]1C. The number of fused-ring (bicyclic) bond motifs is 2. The highest BCUT2D eigenvalue weighted by Crippen LogP contribution is 2.42. The molecule has 8 nitrogen and oxygen atoms in total. The summed E-state index contributed by atoms with van der Waals surface area (Å²) in [7, 11) is 4.82. The minimum Gasteiger partial charge on any atom is -0.508 e. The molecule has 1 aromatic carbocycles. The first kappa shape index (κ1) is 30.8. The van der Waals surface area contributed by atoms with Crippen LogP contribution >= 0.6 is 0 Å². The molecule has 0 unspecified atom stereocenters. The summed E-state index contributed by atoms with van der Waals surface area (Å²) in [5.74, 6) is -0.854. The van der Waals surface area contributed by atoms with Gasteiger partial charge in [0.1, 0.15) is 11.5 Å². The molecule has 208 valence electrons. The first-order valence-corrected chi connectivity index (χ1v) is 12.9. The predicted molar refractivity (Wildman–Crippen MR) is 145 cm³/mol. The number of aliphatic hydroxyl groups is 1. The van der Waals surface area contributed by atoms with Crippen molar-refractivity contribution in [2.75, 3.05) is 26.6 Å². The molecule has 37 heavy (non-hydrogen) atoms. The number of nitrogens with one attached hydrogen (secondary N) is 1. The molecular formula is C29H45NO7. The third-order valence-corrected chi connectivity index (χ3v) is 7.48. The van der Waals surface area contributed by atoms with Gasteiger partial charge < -0.3 is 34.8 Å². The van der Waals surface area contributed by atoms with Gasteiger partial charge in [-0.25, -0.2) is 0 Å². The Labute approximate surface area is 221 Å². The molecule has 0 saturated heterocycles. The molecule has 1 aromatic rings. The normalized spacial score (nSPS) is 33.6. The van der Waals surface area contributed by atoms with E-state index in [-0.39, 0.29) is 53.1 Å². The summed E-state index contributed by atoms with van der Waals surface area (Å²) in [5, 5.41) is 35.1. The van der Waals surface area contributed by atoms with Crippen LogP contribution in [0.5, 0.6) is 11.5 Å². The van der Waals surface area contributed by atoms with Crippen molar-refractivity contribution in [3.63, 3.8) is 0 Å². The third-order valence-electron chi connectivity index (χ3n) is 7.48. The van der Waals surface area contributed by atoms with E-state index in [1.54, 1.807) is 21.1 Å². The number of carbonyl (C=O) groups excluding carboxylic acids is 1. The van der Waals surface area contributed by atoms with Crippen LogP contribution in [0.3, 0.4) is 0 Å². The van der Waals surface area contributed by atoms with Gasteiger partial charge in [0, 0.05) is 44.5 Å². The number of methoxy groups -OCH3 is 3. The van der Waals surface area contributed by atoms with Crippen molar-refractivity contribution in [2.24, 2.45) is 17.8 Å². The number of rotatable bonds is 3. The number of allylic oxidation sites excluding steroid dienone is 1. The number of aromatic hydroxyl groups is 2. The van der Waals surface area contributed by atoms with Gasteiger partial charge in [0.15, 0.2) is 0 Å². The lowest BCUT2D eigenvalue weighted by Gasteiger charge is -2.33. The number of benzene rings is 1. The number of hydrogen-bond donors (Lipinski definition) is 4. The second kappa shape index (κ2) is 14.0. The molecule has 2 rings (SSSR count). The topological polar surface area (TPSA) is 117 Å². The van der Waals surface area contributed by atoms with E-state index < -0.39 is 12.2 Å². The molecule has 1 aliphatic heterocycles. The Morgan fingerprint density at radius 3 is 2.24 bits per heavy atom. The van der Waals surface area contributed by atoms with Gasteiger partial charge in [0.25, 0.3) is 5.91 Å². The largest absolute Gasteiger partial charge is 0.508 e. The summed E-state index contributed by atoms with van der Waals surface area (Å²) in [6, 6.07) is 2.77. The van der Waals surface area contributed by atoms with Crippen LogP contribution in [0.15, 0.2) is 35.4 Å². The lowest BCUT2D eigenvalue weighted by Crippen LogP contribution is -2.37. The molecule has 4 N–H and O–H groups in total. The second-order valence-corrected chi connectivity index (χ2v) is 10.4. The van der Waals surface area contributed by atoms with Gasteiger partial charge in [-0.2, -0.15) is 0 Å². The number of phenols is 2. The second-order valence-electron chi connectivity index (χ2n) is 10.4. The molecule has 0 spiro atoms. The molecule has 1 amide bonds. The highest BCUT2D eigenvalue weighted by atomic mass is 16.5. The Bertz CT molecular complexity index is 973. The summed E-state index contributed by atoms with van der Waals surface area (Å²) >= 11 is 0.